The third kappa shape index (κ3) is 5.93. The largest absolute Gasteiger partial charge is 0.380 e. The minimum absolute atomic E-state index is 0.102. The second-order valence-corrected chi connectivity index (χ2v) is 7.24. The minimum Gasteiger partial charge on any atom is -0.380 e. The first-order chi connectivity index (χ1) is 11.2. The molecule has 2 heteroatoms. The van der Waals surface area contributed by atoms with E-state index in [1.165, 1.54) is 11.1 Å². The highest BCUT2D eigenvalue weighted by molar-refractivity contribution is 6.15. The summed E-state index contributed by atoms with van der Waals surface area (Å²) >= 11 is 0. The molecule has 0 spiro atoms. The topological polar surface area (TPSA) is 21.6 Å². The number of rotatable bonds is 7. The number of hydrogen-bond donors (Lipinski definition) is 0. The third-order valence-electron chi connectivity index (χ3n) is 3.63. The summed E-state index contributed by atoms with van der Waals surface area (Å²) in [6.07, 6.45) is 6.03. The molecule has 0 bridgehead atoms. The van der Waals surface area contributed by atoms with Crippen molar-refractivity contribution in [1.82, 2.24) is 0 Å². The Kier molecular flexibility index (Phi) is 7.37. The molecule has 1 aromatic carbocycles. The number of nitrogens with zero attached hydrogens (tertiary/aromatic N) is 1. The monoisotopic (exact) mass is 325 g/mol. The predicted octanol–water partition coefficient (Wildman–Crippen LogP) is 5.58. The van der Waals surface area contributed by atoms with Crippen molar-refractivity contribution in [3.05, 3.63) is 71.3 Å². The smallest absolute Gasteiger partial charge is 0.0722 e. The van der Waals surface area contributed by atoms with Crippen LogP contribution in [0, 0.1) is 19.3 Å². The van der Waals surface area contributed by atoms with Crippen molar-refractivity contribution in [1.29, 1.82) is 0 Å². The lowest BCUT2D eigenvalue weighted by molar-refractivity contribution is 0.184. The van der Waals surface area contributed by atoms with Gasteiger partial charge in [-0.15, -0.1) is 6.58 Å². The van der Waals surface area contributed by atoms with Gasteiger partial charge in [0.2, 0.25) is 0 Å². The van der Waals surface area contributed by atoms with Gasteiger partial charge in [-0.25, -0.2) is 0 Å². The summed E-state index contributed by atoms with van der Waals surface area (Å²) in [5.74, 6) is 0. The molecule has 0 fully saturated rings. The molecule has 0 aliphatic rings. The lowest BCUT2D eigenvalue weighted by atomic mass is 9.90. The van der Waals surface area contributed by atoms with Crippen molar-refractivity contribution >= 4 is 5.71 Å². The van der Waals surface area contributed by atoms with Crippen LogP contribution in [0.25, 0.3) is 0 Å². The molecule has 0 unspecified atom stereocenters. The number of benzene rings is 1. The quantitative estimate of drug-likeness (QED) is 0.364. The van der Waals surface area contributed by atoms with Crippen LogP contribution >= 0.6 is 0 Å². The van der Waals surface area contributed by atoms with Crippen LogP contribution < -0.4 is 0 Å². The number of aliphatic imine (C=N–C) groups is 1. The summed E-state index contributed by atoms with van der Waals surface area (Å²) in [6, 6.07) is 4.34. The van der Waals surface area contributed by atoms with E-state index in [1.807, 2.05) is 0 Å². The molecule has 0 atom stereocenters. The molecule has 2 nitrogen and oxygen atoms in total. The first-order valence-electron chi connectivity index (χ1n) is 8.33. The number of hydrogen-bond acceptors (Lipinski definition) is 2. The highest BCUT2D eigenvalue weighted by atomic mass is 16.5. The van der Waals surface area contributed by atoms with Crippen molar-refractivity contribution in [2.45, 2.75) is 41.2 Å². The van der Waals surface area contributed by atoms with Crippen LogP contribution in [0.4, 0.5) is 0 Å². The third-order valence-corrected chi connectivity index (χ3v) is 3.63. The Hall–Kier alpha value is -1.93. The molecule has 0 saturated carbocycles. The van der Waals surface area contributed by atoms with E-state index in [2.05, 4.69) is 72.1 Å². The zero-order valence-corrected chi connectivity index (χ0v) is 16.1. The van der Waals surface area contributed by atoms with Crippen molar-refractivity contribution in [3.8, 4) is 0 Å². The van der Waals surface area contributed by atoms with E-state index < -0.39 is 0 Å². The van der Waals surface area contributed by atoms with Gasteiger partial charge in [-0.1, -0.05) is 57.2 Å². The molecule has 0 heterocycles. The van der Waals surface area contributed by atoms with Gasteiger partial charge in [-0.2, -0.15) is 0 Å². The predicted molar refractivity (Wildman–Crippen MR) is 106 cm³/mol. The zero-order valence-electron chi connectivity index (χ0n) is 16.1. The van der Waals surface area contributed by atoms with Gasteiger partial charge in [-0.05, 0) is 42.0 Å². The standard InChI is InChI=1S/C22H31NO/c1-9-12-23-21(17(3)10-11-22(5,6)7)19-14-16(2)13-18(4)20(19)15-24-8/h9-11,13-14H,1,3,12,15H2,2,4-8H3/b11-10-,23-21?. The van der Waals surface area contributed by atoms with E-state index in [0.717, 1.165) is 22.4 Å². The summed E-state index contributed by atoms with van der Waals surface area (Å²) in [7, 11) is 1.72. The summed E-state index contributed by atoms with van der Waals surface area (Å²) < 4.78 is 5.42. The highest BCUT2D eigenvalue weighted by Gasteiger charge is 2.15. The van der Waals surface area contributed by atoms with Crippen LogP contribution in [0.15, 0.2) is 54.1 Å². The fourth-order valence-electron chi connectivity index (χ4n) is 2.49. The Balaban J connectivity index is 3.44. The van der Waals surface area contributed by atoms with Crippen molar-refractivity contribution < 1.29 is 4.74 Å². The fourth-order valence-corrected chi connectivity index (χ4v) is 2.49. The number of aryl methyl sites for hydroxylation is 2. The van der Waals surface area contributed by atoms with E-state index in [9.17, 15) is 0 Å². The molecule has 1 rings (SSSR count). The summed E-state index contributed by atoms with van der Waals surface area (Å²) in [6.45, 7) is 19.9. The number of allylic oxidation sites excluding steroid dienone is 3. The van der Waals surface area contributed by atoms with Gasteiger partial charge >= 0.3 is 0 Å². The molecule has 0 aliphatic heterocycles. The second kappa shape index (κ2) is 8.79. The average Bonchev–Trinajstić information content (AvgIpc) is 2.48. The maximum atomic E-state index is 5.42. The van der Waals surface area contributed by atoms with Crippen LogP contribution in [-0.2, 0) is 11.3 Å². The second-order valence-electron chi connectivity index (χ2n) is 7.24. The average molecular weight is 325 g/mol. The van der Waals surface area contributed by atoms with Crippen LogP contribution in [0.2, 0.25) is 0 Å². The van der Waals surface area contributed by atoms with Gasteiger partial charge in [0.1, 0.15) is 0 Å². The van der Waals surface area contributed by atoms with Crippen LogP contribution in [0.1, 0.15) is 43.0 Å². The molecule has 24 heavy (non-hydrogen) atoms. The molecule has 0 aliphatic carbocycles. The maximum Gasteiger partial charge on any atom is 0.0722 e. The summed E-state index contributed by atoms with van der Waals surface area (Å²) in [4.78, 5) is 4.73. The van der Waals surface area contributed by atoms with Gasteiger partial charge in [-0.3, -0.25) is 4.99 Å². The van der Waals surface area contributed by atoms with E-state index in [4.69, 9.17) is 9.73 Å². The zero-order chi connectivity index (χ0) is 18.3. The number of methoxy groups -OCH3 is 1. The summed E-state index contributed by atoms with van der Waals surface area (Å²) in [5.41, 5.74) is 6.61. The molecule has 0 amide bonds. The van der Waals surface area contributed by atoms with Crippen molar-refractivity contribution in [3.63, 3.8) is 0 Å². The molecule has 130 valence electrons. The van der Waals surface area contributed by atoms with E-state index in [-0.39, 0.29) is 5.41 Å². The fraction of sp³-hybridized carbons (Fsp3) is 0.409. The van der Waals surface area contributed by atoms with E-state index >= 15 is 0 Å². The lowest BCUT2D eigenvalue weighted by Crippen LogP contribution is -2.11. The molecule has 0 saturated heterocycles. The molecule has 0 N–H and O–H groups in total. The van der Waals surface area contributed by atoms with E-state index in [0.29, 0.717) is 13.2 Å². The Morgan fingerprint density at radius 1 is 1.25 bits per heavy atom. The maximum absolute atomic E-state index is 5.42. The minimum atomic E-state index is 0.102. The molecule has 0 aromatic heterocycles. The Bertz CT molecular complexity index is 657. The highest BCUT2D eigenvalue weighted by Crippen LogP contribution is 2.23. The van der Waals surface area contributed by atoms with Crippen LogP contribution in [0.5, 0.6) is 0 Å². The van der Waals surface area contributed by atoms with Gasteiger partial charge < -0.3 is 4.74 Å². The van der Waals surface area contributed by atoms with Gasteiger partial charge in [0.25, 0.3) is 0 Å². The van der Waals surface area contributed by atoms with Gasteiger partial charge in [0.05, 0.1) is 18.9 Å². The Morgan fingerprint density at radius 2 is 1.92 bits per heavy atom. The lowest BCUT2D eigenvalue weighted by Gasteiger charge is -2.17. The summed E-state index contributed by atoms with van der Waals surface area (Å²) in [5, 5.41) is 0. The van der Waals surface area contributed by atoms with Gasteiger partial charge in [0, 0.05) is 12.7 Å². The molecular weight excluding hydrogens is 294 g/mol. The molecule has 1 aromatic rings. The van der Waals surface area contributed by atoms with E-state index in [1.54, 1.807) is 13.2 Å². The first-order valence-corrected chi connectivity index (χ1v) is 8.33. The molecular formula is C22H31NO. The van der Waals surface area contributed by atoms with Crippen molar-refractivity contribution in [2.75, 3.05) is 13.7 Å². The molecule has 0 radical (unpaired) electrons. The van der Waals surface area contributed by atoms with Crippen molar-refractivity contribution in [2.24, 2.45) is 10.4 Å². The first kappa shape index (κ1) is 20.1. The van der Waals surface area contributed by atoms with Crippen LogP contribution in [0.3, 0.4) is 0 Å². The SMILES string of the molecule is C=CCN=C(C(=C)/C=C\C(C)(C)C)c1cc(C)cc(C)c1COC. The number of ether oxygens (including phenoxy) is 1. The van der Waals surface area contributed by atoms with Crippen LogP contribution in [-0.4, -0.2) is 19.4 Å². The normalized spacial score (nSPS) is 12.7. The Labute approximate surface area is 147 Å². The Morgan fingerprint density at radius 3 is 2.46 bits per heavy atom. The van der Waals surface area contributed by atoms with Gasteiger partial charge in [0.15, 0.2) is 0 Å².